The van der Waals surface area contributed by atoms with Crippen LogP contribution in [0.5, 0.6) is 0 Å². The number of fused-ring (bicyclic) bond motifs is 8. The van der Waals surface area contributed by atoms with Gasteiger partial charge in [-0.05, 0) is 104 Å². The predicted octanol–water partition coefficient (Wildman–Crippen LogP) is 2.60. The quantitative estimate of drug-likeness (QED) is 0.379. The highest BCUT2D eigenvalue weighted by Crippen LogP contribution is 2.66. The number of aliphatic hydroxyl groups is 4. The normalized spacial score (nSPS) is 57.2. The average molecular weight is 576 g/mol. The molecule has 3 heterocycles. The second-order valence-corrected chi connectivity index (χ2v) is 15.8. The zero-order chi connectivity index (χ0) is 28.8. The van der Waals surface area contributed by atoms with Crippen LogP contribution >= 0.6 is 0 Å². The zero-order valence-electron chi connectivity index (χ0n) is 25.2. The lowest BCUT2D eigenvalue weighted by Gasteiger charge is -2.56. The van der Waals surface area contributed by atoms with Gasteiger partial charge in [0, 0.05) is 31.5 Å². The number of ketones is 1. The van der Waals surface area contributed by atoms with E-state index in [1.807, 2.05) is 0 Å². The van der Waals surface area contributed by atoms with Crippen LogP contribution in [0.15, 0.2) is 0 Å². The van der Waals surface area contributed by atoms with Crippen molar-refractivity contribution in [2.75, 3.05) is 19.7 Å². The minimum absolute atomic E-state index is 0.0233. The van der Waals surface area contributed by atoms with Crippen LogP contribution in [0, 0.1) is 58.7 Å². The number of rotatable bonds is 3. The molecular weight excluding hydrogens is 522 g/mol. The molecule has 232 valence electrons. The fourth-order valence-electron chi connectivity index (χ4n) is 11.8. The lowest BCUT2D eigenvalue weighted by Crippen LogP contribution is -2.60. The van der Waals surface area contributed by atoms with Gasteiger partial charge in [0.1, 0.15) is 30.2 Å². The van der Waals surface area contributed by atoms with Gasteiger partial charge < -0.3 is 29.9 Å². The van der Waals surface area contributed by atoms with Gasteiger partial charge in [-0.3, -0.25) is 9.69 Å². The molecule has 3 saturated heterocycles. The summed E-state index contributed by atoms with van der Waals surface area (Å²) in [6.45, 7) is 9.41. The maximum atomic E-state index is 13.9. The molecule has 4 aliphatic carbocycles. The topological polar surface area (TPSA) is 120 Å². The Labute approximate surface area is 245 Å². The average Bonchev–Trinajstić information content (AvgIpc) is 3.34. The summed E-state index contributed by atoms with van der Waals surface area (Å²) in [5.41, 5.74) is -0.0233. The van der Waals surface area contributed by atoms with Gasteiger partial charge in [-0.25, -0.2) is 0 Å². The molecule has 17 atom stereocenters. The van der Waals surface area contributed by atoms with Crippen LogP contribution in [0.3, 0.4) is 0 Å². The smallest absolute Gasteiger partial charge is 0.186 e. The standard InChI is InChI=1S/C33H53NO7/c1-16-4-7-26-17(2)19-5-6-20-21(23(19)14-34(26)13-16)11-24-22(20)12-27(36)25-10-18(8-9-33(24,25)3)40-32-31(39)30(38)29(37)28(15-35)41-32/h16-26,28-32,35,37-39H,4-15H2,1-3H3/t16-,17-,18+,19-,20-,21-,22+,23+,24+,25-,26+,28-,29-,30+,31-,32-,33-/m1/s1. The molecule has 0 aromatic heterocycles. The van der Waals surface area contributed by atoms with Gasteiger partial charge in [-0.1, -0.05) is 20.8 Å². The van der Waals surface area contributed by atoms with Crippen LogP contribution in [0.25, 0.3) is 0 Å². The summed E-state index contributed by atoms with van der Waals surface area (Å²) >= 11 is 0. The largest absolute Gasteiger partial charge is 0.394 e. The Morgan fingerprint density at radius 1 is 0.902 bits per heavy atom. The molecule has 3 aliphatic heterocycles. The molecule has 0 bridgehead atoms. The van der Waals surface area contributed by atoms with Crippen LogP contribution in [-0.2, 0) is 14.3 Å². The molecule has 0 radical (unpaired) electrons. The molecule has 8 heteroatoms. The third-order valence-electron chi connectivity index (χ3n) is 13.9. The summed E-state index contributed by atoms with van der Waals surface area (Å²) in [6, 6.07) is 0.773. The SMILES string of the molecule is C[C@@H]1CC[C@H]2[C@H](C)[C@H]3CC[C@@H]4[C@@H](C[C@H]5[C@H]4CC(=O)[C@H]4C[C@@H](O[C@@H]6O[C@H](CO)[C@@H](O)[C@H](O)[C@H]6O)CC[C@@]45C)[C@H]3CN2C1. The van der Waals surface area contributed by atoms with Gasteiger partial charge in [0.05, 0.1) is 12.7 Å². The van der Waals surface area contributed by atoms with Gasteiger partial charge in [-0.2, -0.15) is 0 Å². The highest BCUT2D eigenvalue weighted by atomic mass is 16.7. The number of carbonyl (C=O) groups is 1. The van der Waals surface area contributed by atoms with Gasteiger partial charge >= 0.3 is 0 Å². The molecule has 4 N–H and O–H groups in total. The van der Waals surface area contributed by atoms with Crippen molar-refractivity contribution in [3.63, 3.8) is 0 Å². The minimum Gasteiger partial charge on any atom is -0.394 e. The van der Waals surface area contributed by atoms with Crippen molar-refractivity contribution in [2.45, 2.75) is 121 Å². The predicted molar refractivity (Wildman–Crippen MR) is 151 cm³/mol. The van der Waals surface area contributed by atoms with Crippen molar-refractivity contribution in [1.29, 1.82) is 0 Å². The number of piperidine rings is 2. The number of nitrogens with zero attached hydrogens (tertiary/aromatic N) is 1. The first-order valence-corrected chi connectivity index (χ1v) is 16.8. The van der Waals surface area contributed by atoms with Crippen molar-refractivity contribution >= 4 is 5.78 Å². The van der Waals surface area contributed by atoms with Crippen LogP contribution in [0.1, 0.15) is 78.6 Å². The van der Waals surface area contributed by atoms with Crippen LogP contribution in [0.2, 0.25) is 0 Å². The molecule has 7 rings (SSSR count). The first kappa shape index (κ1) is 29.1. The molecule has 0 unspecified atom stereocenters. The van der Waals surface area contributed by atoms with Crippen LogP contribution in [0.4, 0.5) is 0 Å². The number of ether oxygens (including phenoxy) is 2. The maximum absolute atomic E-state index is 13.9. The molecule has 0 aromatic rings. The highest BCUT2D eigenvalue weighted by molar-refractivity contribution is 5.83. The maximum Gasteiger partial charge on any atom is 0.186 e. The van der Waals surface area contributed by atoms with E-state index >= 15 is 0 Å². The third kappa shape index (κ3) is 4.60. The van der Waals surface area contributed by atoms with Crippen molar-refractivity contribution in [1.82, 2.24) is 4.90 Å². The van der Waals surface area contributed by atoms with E-state index in [0.717, 1.165) is 48.5 Å². The van der Waals surface area contributed by atoms with Gasteiger partial charge in [0.2, 0.25) is 0 Å². The molecule has 4 saturated carbocycles. The van der Waals surface area contributed by atoms with Gasteiger partial charge in [0.15, 0.2) is 6.29 Å². The highest BCUT2D eigenvalue weighted by Gasteiger charge is 2.63. The monoisotopic (exact) mass is 575 g/mol. The molecule has 8 nitrogen and oxygen atoms in total. The molecule has 0 spiro atoms. The van der Waals surface area contributed by atoms with E-state index in [1.165, 1.54) is 45.2 Å². The second kappa shape index (κ2) is 10.8. The number of aliphatic hydroxyl groups excluding tert-OH is 4. The fourth-order valence-corrected chi connectivity index (χ4v) is 11.8. The number of hydrogen-bond acceptors (Lipinski definition) is 8. The Balaban J connectivity index is 1.06. The second-order valence-electron chi connectivity index (χ2n) is 15.8. The van der Waals surface area contributed by atoms with E-state index in [1.54, 1.807) is 0 Å². The Kier molecular flexibility index (Phi) is 7.66. The van der Waals surface area contributed by atoms with Crippen molar-refractivity contribution in [2.24, 2.45) is 58.7 Å². The summed E-state index contributed by atoms with van der Waals surface area (Å²) in [4.78, 5) is 16.7. The summed E-state index contributed by atoms with van der Waals surface area (Å²) in [6.07, 6.45) is 3.05. The Bertz CT molecular complexity index is 991. The zero-order valence-corrected chi connectivity index (χ0v) is 25.2. The molecule has 41 heavy (non-hydrogen) atoms. The first-order chi connectivity index (χ1) is 19.6. The minimum atomic E-state index is -1.45. The van der Waals surface area contributed by atoms with E-state index in [9.17, 15) is 25.2 Å². The van der Waals surface area contributed by atoms with Crippen molar-refractivity contribution < 1.29 is 34.7 Å². The summed E-state index contributed by atoms with van der Waals surface area (Å²) in [5.74, 6) is 6.08. The van der Waals surface area contributed by atoms with E-state index < -0.39 is 37.3 Å². The first-order valence-electron chi connectivity index (χ1n) is 16.8. The molecule has 7 fully saturated rings. The lowest BCUT2D eigenvalue weighted by atomic mass is 9.51. The summed E-state index contributed by atoms with van der Waals surface area (Å²) in [5, 5.41) is 40.4. The Morgan fingerprint density at radius 2 is 1.68 bits per heavy atom. The molecular formula is C33H53NO7. The third-order valence-corrected chi connectivity index (χ3v) is 13.9. The van der Waals surface area contributed by atoms with Crippen molar-refractivity contribution in [3.05, 3.63) is 0 Å². The van der Waals surface area contributed by atoms with Crippen molar-refractivity contribution in [3.8, 4) is 0 Å². The number of Topliss-reactive ketones (excluding diaryl/α,β-unsaturated/α-hetero) is 1. The Morgan fingerprint density at radius 3 is 2.46 bits per heavy atom. The van der Waals surface area contributed by atoms with E-state index in [4.69, 9.17) is 9.47 Å². The van der Waals surface area contributed by atoms with E-state index in [0.29, 0.717) is 36.4 Å². The van der Waals surface area contributed by atoms with Crippen LogP contribution in [-0.4, -0.2) is 93.7 Å². The number of carbonyl (C=O) groups excluding carboxylic acids is 1. The van der Waals surface area contributed by atoms with Gasteiger partial charge in [-0.15, -0.1) is 0 Å². The fraction of sp³-hybridized carbons (Fsp3) is 0.970. The number of hydrogen-bond donors (Lipinski definition) is 4. The summed E-state index contributed by atoms with van der Waals surface area (Å²) < 4.78 is 11.8. The molecule has 0 amide bonds. The van der Waals surface area contributed by atoms with E-state index in [2.05, 4.69) is 25.7 Å². The van der Waals surface area contributed by atoms with Crippen LogP contribution < -0.4 is 0 Å². The summed E-state index contributed by atoms with van der Waals surface area (Å²) in [7, 11) is 0. The Hall–Kier alpha value is -0.610. The van der Waals surface area contributed by atoms with Gasteiger partial charge in [0.25, 0.3) is 0 Å². The molecule has 0 aromatic carbocycles. The van der Waals surface area contributed by atoms with E-state index in [-0.39, 0.29) is 17.4 Å². The lowest BCUT2D eigenvalue weighted by molar-refractivity contribution is -0.315. The molecule has 7 aliphatic rings.